The summed E-state index contributed by atoms with van der Waals surface area (Å²) in [7, 11) is 1.85. The van der Waals surface area contributed by atoms with Gasteiger partial charge in [-0.05, 0) is 37.5 Å². The predicted octanol–water partition coefficient (Wildman–Crippen LogP) is 2.18. The molecule has 0 saturated heterocycles. The van der Waals surface area contributed by atoms with Crippen molar-refractivity contribution in [3.63, 3.8) is 0 Å². The van der Waals surface area contributed by atoms with Crippen LogP contribution in [-0.4, -0.2) is 19.0 Å². The van der Waals surface area contributed by atoms with E-state index in [1.165, 1.54) is 5.56 Å². The fourth-order valence-electron chi connectivity index (χ4n) is 2.82. The maximum atomic E-state index is 12.1. The summed E-state index contributed by atoms with van der Waals surface area (Å²) in [6, 6.07) is 6.66. The van der Waals surface area contributed by atoms with Gasteiger partial charge < -0.3 is 10.6 Å². The van der Waals surface area contributed by atoms with Crippen molar-refractivity contribution in [1.82, 2.24) is 0 Å². The fraction of sp³-hybridized carbons (Fsp3) is 0.500. The summed E-state index contributed by atoms with van der Waals surface area (Å²) in [4.78, 5) is 13.9. The second-order valence-electron chi connectivity index (χ2n) is 5.77. The first-order valence-corrected chi connectivity index (χ1v) is 6.11. The van der Waals surface area contributed by atoms with Crippen molar-refractivity contribution in [1.29, 1.82) is 0 Å². The van der Waals surface area contributed by atoms with Crippen LogP contribution in [0.1, 0.15) is 37.3 Å². The molecular formula is C14H19ClN2O. The third kappa shape index (κ3) is 1.65. The topological polar surface area (TPSA) is 46.3 Å². The quantitative estimate of drug-likeness (QED) is 0.847. The van der Waals surface area contributed by atoms with Crippen LogP contribution < -0.4 is 10.6 Å². The lowest BCUT2D eigenvalue weighted by atomic mass is 9.85. The highest BCUT2D eigenvalue weighted by atomic mass is 35.5. The first-order valence-electron chi connectivity index (χ1n) is 6.11. The molecule has 0 bridgehead atoms. The van der Waals surface area contributed by atoms with Crippen molar-refractivity contribution in [2.24, 2.45) is 5.73 Å². The highest BCUT2D eigenvalue weighted by Crippen LogP contribution is 2.45. The molecule has 1 aromatic rings. The van der Waals surface area contributed by atoms with E-state index in [1.54, 1.807) is 4.90 Å². The zero-order chi connectivity index (χ0) is 12.4. The number of hydrogen-bond donors (Lipinski definition) is 1. The number of benzene rings is 1. The molecule has 1 aromatic carbocycles. The predicted molar refractivity (Wildman–Crippen MR) is 75.5 cm³/mol. The Labute approximate surface area is 114 Å². The lowest BCUT2D eigenvalue weighted by Crippen LogP contribution is -2.33. The number of nitrogens with zero attached hydrogens (tertiary/aromatic N) is 1. The number of carbonyl (C=O) groups excluding carboxylic acids is 1. The van der Waals surface area contributed by atoms with E-state index in [2.05, 4.69) is 18.2 Å². The minimum Gasteiger partial charge on any atom is -0.327 e. The van der Waals surface area contributed by atoms with Gasteiger partial charge in [-0.25, -0.2) is 0 Å². The van der Waals surface area contributed by atoms with Crippen molar-refractivity contribution in [3.05, 3.63) is 29.3 Å². The Bertz CT molecular complexity index is 513. The molecule has 1 aliphatic carbocycles. The van der Waals surface area contributed by atoms with Crippen molar-refractivity contribution in [2.75, 3.05) is 11.9 Å². The van der Waals surface area contributed by atoms with E-state index in [-0.39, 0.29) is 18.3 Å². The summed E-state index contributed by atoms with van der Waals surface area (Å²) in [5, 5.41) is 0. The van der Waals surface area contributed by atoms with Crippen molar-refractivity contribution < 1.29 is 4.79 Å². The SMILES string of the molecule is CN1C(=O)C(C)(C)c2cc(C3CC3N)ccc21.Cl. The summed E-state index contributed by atoms with van der Waals surface area (Å²) in [5.41, 5.74) is 8.95. The Morgan fingerprint density at radius 3 is 2.56 bits per heavy atom. The van der Waals surface area contributed by atoms with E-state index >= 15 is 0 Å². The molecule has 18 heavy (non-hydrogen) atoms. The van der Waals surface area contributed by atoms with Gasteiger partial charge in [-0.2, -0.15) is 0 Å². The monoisotopic (exact) mass is 266 g/mol. The van der Waals surface area contributed by atoms with Gasteiger partial charge in [0.2, 0.25) is 5.91 Å². The molecule has 1 fully saturated rings. The standard InChI is InChI=1S/C14H18N2O.ClH/c1-14(2)10-6-8(9-7-11(9)15)4-5-12(10)16(3)13(14)17;/h4-6,9,11H,7,15H2,1-3H3;1H. The van der Waals surface area contributed by atoms with Crippen LogP contribution in [0, 0.1) is 0 Å². The largest absolute Gasteiger partial charge is 0.327 e. The molecule has 1 saturated carbocycles. The molecule has 0 radical (unpaired) electrons. The summed E-state index contributed by atoms with van der Waals surface area (Å²) in [5.74, 6) is 0.668. The molecule has 1 heterocycles. The summed E-state index contributed by atoms with van der Waals surface area (Å²) in [6.45, 7) is 3.99. The van der Waals surface area contributed by atoms with Crippen molar-refractivity contribution in [2.45, 2.75) is 37.6 Å². The highest BCUT2D eigenvalue weighted by Gasteiger charge is 2.43. The van der Waals surface area contributed by atoms with Gasteiger partial charge in [-0.3, -0.25) is 4.79 Å². The molecule has 98 valence electrons. The second-order valence-corrected chi connectivity index (χ2v) is 5.77. The van der Waals surface area contributed by atoms with Crippen molar-refractivity contribution >= 4 is 24.0 Å². The number of halogens is 1. The van der Waals surface area contributed by atoms with Crippen LogP contribution in [0.25, 0.3) is 0 Å². The van der Waals surface area contributed by atoms with Gasteiger partial charge in [-0.15, -0.1) is 12.4 Å². The maximum absolute atomic E-state index is 12.1. The van der Waals surface area contributed by atoms with E-state index in [1.807, 2.05) is 20.9 Å². The molecule has 2 atom stereocenters. The van der Waals surface area contributed by atoms with Crippen molar-refractivity contribution in [3.8, 4) is 0 Å². The van der Waals surface area contributed by atoms with Crippen LogP contribution in [0.15, 0.2) is 18.2 Å². The minimum atomic E-state index is -0.404. The van der Waals surface area contributed by atoms with E-state index in [0.717, 1.165) is 17.7 Å². The fourth-order valence-corrected chi connectivity index (χ4v) is 2.82. The van der Waals surface area contributed by atoms with Gasteiger partial charge in [0, 0.05) is 24.7 Å². The van der Waals surface area contributed by atoms with Gasteiger partial charge in [0.05, 0.1) is 5.41 Å². The molecule has 2 unspecified atom stereocenters. The number of hydrogen-bond acceptors (Lipinski definition) is 2. The zero-order valence-corrected chi connectivity index (χ0v) is 11.8. The minimum absolute atomic E-state index is 0. The van der Waals surface area contributed by atoms with Crippen LogP contribution in [0.5, 0.6) is 0 Å². The maximum Gasteiger partial charge on any atom is 0.236 e. The third-order valence-corrected chi connectivity index (χ3v) is 4.16. The van der Waals surface area contributed by atoms with Gasteiger partial charge in [0.1, 0.15) is 0 Å². The normalized spacial score (nSPS) is 27.8. The molecule has 4 heteroatoms. The molecule has 2 N–H and O–H groups in total. The van der Waals surface area contributed by atoms with E-state index in [4.69, 9.17) is 5.73 Å². The summed E-state index contributed by atoms with van der Waals surface area (Å²) in [6.07, 6.45) is 1.07. The van der Waals surface area contributed by atoms with Gasteiger partial charge >= 0.3 is 0 Å². The Kier molecular flexibility index (Phi) is 2.95. The third-order valence-electron chi connectivity index (χ3n) is 4.16. The highest BCUT2D eigenvalue weighted by molar-refractivity contribution is 6.07. The number of carbonyl (C=O) groups is 1. The summed E-state index contributed by atoms with van der Waals surface area (Å²) < 4.78 is 0. The number of rotatable bonds is 1. The second kappa shape index (κ2) is 3.97. The Balaban J connectivity index is 0.00000120. The molecular weight excluding hydrogens is 248 g/mol. The summed E-state index contributed by atoms with van der Waals surface area (Å²) >= 11 is 0. The number of nitrogens with two attached hydrogens (primary N) is 1. The van der Waals surface area contributed by atoms with Crippen LogP contribution in [0.4, 0.5) is 5.69 Å². The number of likely N-dealkylation sites (N-methyl/N-ethyl adjacent to an activating group) is 1. The van der Waals surface area contributed by atoms with Crippen LogP contribution in [0.2, 0.25) is 0 Å². The zero-order valence-electron chi connectivity index (χ0n) is 10.9. The van der Waals surface area contributed by atoms with Crippen LogP contribution >= 0.6 is 12.4 Å². The molecule has 0 spiro atoms. The Hall–Kier alpha value is -1.06. The Morgan fingerprint density at radius 2 is 2.00 bits per heavy atom. The van der Waals surface area contributed by atoms with Gasteiger partial charge in [0.25, 0.3) is 0 Å². The van der Waals surface area contributed by atoms with E-state index in [0.29, 0.717) is 12.0 Å². The van der Waals surface area contributed by atoms with Crippen LogP contribution in [0.3, 0.4) is 0 Å². The molecule has 1 aliphatic heterocycles. The van der Waals surface area contributed by atoms with E-state index in [9.17, 15) is 4.79 Å². The molecule has 3 rings (SSSR count). The smallest absolute Gasteiger partial charge is 0.236 e. The molecule has 3 nitrogen and oxygen atoms in total. The first kappa shape index (κ1) is 13.4. The molecule has 1 amide bonds. The first-order chi connectivity index (χ1) is 7.93. The number of fused-ring (bicyclic) bond motifs is 1. The lowest BCUT2D eigenvalue weighted by molar-refractivity contribution is -0.121. The average Bonchev–Trinajstić information content (AvgIpc) is 3.00. The molecule has 2 aliphatic rings. The van der Waals surface area contributed by atoms with Crippen LogP contribution in [-0.2, 0) is 10.2 Å². The van der Waals surface area contributed by atoms with Gasteiger partial charge in [0.15, 0.2) is 0 Å². The van der Waals surface area contributed by atoms with Gasteiger partial charge in [-0.1, -0.05) is 12.1 Å². The van der Waals surface area contributed by atoms with E-state index < -0.39 is 5.41 Å². The molecule has 0 aromatic heterocycles. The number of anilines is 1. The number of amides is 1. The lowest BCUT2D eigenvalue weighted by Gasteiger charge is -2.16. The average molecular weight is 267 g/mol. The Morgan fingerprint density at radius 1 is 1.39 bits per heavy atom.